The van der Waals surface area contributed by atoms with Crippen LogP contribution in [0.1, 0.15) is 0 Å². The predicted molar refractivity (Wildman–Crippen MR) is 193 cm³/mol. The van der Waals surface area contributed by atoms with E-state index in [4.69, 9.17) is 19.4 Å². The number of furan rings is 1. The molecule has 0 aliphatic heterocycles. The SMILES string of the molecule is c1ccc(-c2nc(-c3ccc(-n4c5ccccc5c5ccccc54)c4ccccc34)nc(-c3ccnc4oc5ccccc5c34)n2)cc1. The minimum absolute atomic E-state index is 0.554. The van der Waals surface area contributed by atoms with E-state index in [1.54, 1.807) is 6.20 Å². The van der Waals surface area contributed by atoms with Gasteiger partial charge in [0.25, 0.3) is 0 Å². The van der Waals surface area contributed by atoms with E-state index in [-0.39, 0.29) is 0 Å². The molecule has 0 aliphatic rings. The van der Waals surface area contributed by atoms with Crippen molar-refractivity contribution >= 4 is 54.6 Å². The highest BCUT2D eigenvalue weighted by Gasteiger charge is 2.20. The zero-order valence-corrected chi connectivity index (χ0v) is 25.6. The maximum atomic E-state index is 6.13. The number of fused-ring (bicyclic) bond motifs is 7. The van der Waals surface area contributed by atoms with Crippen molar-refractivity contribution in [3.8, 4) is 39.9 Å². The van der Waals surface area contributed by atoms with Crippen molar-refractivity contribution in [2.75, 3.05) is 0 Å². The molecule has 0 unspecified atom stereocenters. The Morgan fingerprint density at radius 1 is 0.438 bits per heavy atom. The van der Waals surface area contributed by atoms with Gasteiger partial charge < -0.3 is 8.98 Å². The highest BCUT2D eigenvalue weighted by atomic mass is 16.3. The first-order chi connectivity index (χ1) is 23.8. The molecule has 0 fully saturated rings. The zero-order chi connectivity index (χ0) is 31.6. The highest BCUT2D eigenvalue weighted by molar-refractivity contribution is 6.12. The zero-order valence-electron chi connectivity index (χ0n) is 25.6. The van der Waals surface area contributed by atoms with Crippen LogP contribution in [-0.4, -0.2) is 24.5 Å². The van der Waals surface area contributed by atoms with Gasteiger partial charge in [0.1, 0.15) is 5.58 Å². The molecule has 0 aliphatic carbocycles. The first kappa shape index (κ1) is 26.5. The van der Waals surface area contributed by atoms with Crippen molar-refractivity contribution in [1.82, 2.24) is 24.5 Å². The Bertz CT molecular complexity index is 2800. The predicted octanol–water partition coefficient (Wildman–Crippen LogP) is 10.4. The van der Waals surface area contributed by atoms with Crippen LogP contribution < -0.4 is 0 Å². The fourth-order valence-corrected chi connectivity index (χ4v) is 7.02. The molecular weight excluding hydrogens is 590 g/mol. The van der Waals surface area contributed by atoms with Crippen molar-refractivity contribution in [3.05, 3.63) is 152 Å². The lowest BCUT2D eigenvalue weighted by Crippen LogP contribution is -2.02. The summed E-state index contributed by atoms with van der Waals surface area (Å²) in [5.41, 5.74) is 7.45. The molecule has 6 heteroatoms. The van der Waals surface area contributed by atoms with Crippen molar-refractivity contribution in [2.24, 2.45) is 0 Å². The molecule has 10 aromatic rings. The smallest absolute Gasteiger partial charge is 0.228 e. The van der Waals surface area contributed by atoms with Crippen LogP contribution in [0.25, 0.3) is 94.5 Å². The number of para-hydroxylation sites is 3. The van der Waals surface area contributed by atoms with Crippen molar-refractivity contribution < 1.29 is 4.42 Å². The Labute approximate surface area is 274 Å². The second-order valence-electron chi connectivity index (χ2n) is 11.9. The van der Waals surface area contributed by atoms with Crippen LogP contribution in [0.15, 0.2) is 156 Å². The first-order valence-electron chi connectivity index (χ1n) is 15.9. The monoisotopic (exact) mass is 615 g/mol. The Morgan fingerprint density at radius 2 is 1.02 bits per heavy atom. The molecule has 0 saturated carbocycles. The summed E-state index contributed by atoms with van der Waals surface area (Å²) in [6.07, 6.45) is 1.75. The number of hydrogen-bond donors (Lipinski definition) is 0. The Balaban J connectivity index is 1.25. The van der Waals surface area contributed by atoms with E-state index in [0.29, 0.717) is 23.2 Å². The third kappa shape index (κ3) is 3.99. The van der Waals surface area contributed by atoms with Gasteiger partial charge in [-0.1, -0.05) is 109 Å². The number of aromatic nitrogens is 5. The summed E-state index contributed by atoms with van der Waals surface area (Å²) >= 11 is 0. The van der Waals surface area contributed by atoms with Crippen LogP contribution in [0.4, 0.5) is 0 Å². The summed E-state index contributed by atoms with van der Waals surface area (Å²) < 4.78 is 8.49. The second-order valence-corrected chi connectivity index (χ2v) is 11.9. The maximum Gasteiger partial charge on any atom is 0.228 e. The molecule has 224 valence electrons. The number of benzene rings is 6. The van der Waals surface area contributed by atoms with Crippen LogP contribution in [0, 0.1) is 0 Å². The topological polar surface area (TPSA) is 69.6 Å². The third-order valence-corrected chi connectivity index (χ3v) is 9.15. The van der Waals surface area contributed by atoms with E-state index >= 15 is 0 Å². The fourth-order valence-electron chi connectivity index (χ4n) is 7.02. The molecule has 6 aromatic carbocycles. The van der Waals surface area contributed by atoms with E-state index in [1.807, 2.05) is 60.7 Å². The second kappa shape index (κ2) is 10.4. The summed E-state index contributed by atoms with van der Waals surface area (Å²) in [4.78, 5) is 19.9. The summed E-state index contributed by atoms with van der Waals surface area (Å²) in [6, 6.07) is 50.0. The molecule has 0 N–H and O–H groups in total. The molecule has 0 spiro atoms. The van der Waals surface area contributed by atoms with Crippen molar-refractivity contribution in [2.45, 2.75) is 0 Å². The minimum atomic E-state index is 0.554. The van der Waals surface area contributed by atoms with Crippen molar-refractivity contribution in [1.29, 1.82) is 0 Å². The minimum Gasteiger partial charge on any atom is -0.438 e. The largest absolute Gasteiger partial charge is 0.438 e. The molecule has 0 amide bonds. The number of pyridine rings is 1. The number of nitrogens with zero attached hydrogens (tertiary/aromatic N) is 5. The van der Waals surface area contributed by atoms with Gasteiger partial charge in [-0.15, -0.1) is 0 Å². The number of rotatable bonds is 4. The van der Waals surface area contributed by atoms with Gasteiger partial charge in [-0.3, -0.25) is 0 Å². The molecule has 0 bridgehead atoms. The molecule has 0 saturated heterocycles. The average Bonchev–Trinajstić information content (AvgIpc) is 3.71. The maximum absolute atomic E-state index is 6.13. The average molecular weight is 616 g/mol. The van der Waals surface area contributed by atoms with Crippen LogP contribution in [-0.2, 0) is 0 Å². The lowest BCUT2D eigenvalue weighted by Gasteiger charge is -2.15. The summed E-state index contributed by atoms with van der Waals surface area (Å²) in [5.74, 6) is 1.76. The van der Waals surface area contributed by atoms with Gasteiger partial charge in [0.15, 0.2) is 17.5 Å². The van der Waals surface area contributed by atoms with Gasteiger partial charge in [-0.2, -0.15) is 0 Å². The Morgan fingerprint density at radius 3 is 1.77 bits per heavy atom. The van der Waals surface area contributed by atoms with Crippen molar-refractivity contribution in [3.63, 3.8) is 0 Å². The molecular formula is C42H25N5O. The van der Waals surface area contributed by atoms with Crippen LogP contribution in [0.3, 0.4) is 0 Å². The molecule has 0 radical (unpaired) electrons. The van der Waals surface area contributed by atoms with Gasteiger partial charge in [0.05, 0.1) is 22.1 Å². The summed E-state index contributed by atoms with van der Waals surface area (Å²) in [5, 5.41) is 6.48. The van der Waals surface area contributed by atoms with E-state index < -0.39 is 0 Å². The van der Waals surface area contributed by atoms with E-state index in [9.17, 15) is 0 Å². The third-order valence-electron chi connectivity index (χ3n) is 9.15. The van der Waals surface area contributed by atoms with Gasteiger partial charge >= 0.3 is 0 Å². The van der Waals surface area contributed by atoms with E-state index in [0.717, 1.165) is 49.5 Å². The normalized spacial score (nSPS) is 11.8. The standard InChI is InChI=1S/C42H25N5O/c1-2-12-26(13-3-1)39-44-40(46-41(45-39)33-24-25-43-42-38(33)32-18-8-11-21-37(32)48-42)31-22-23-36(28-15-5-4-14-27(28)31)47-34-19-9-6-16-29(34)30-17-7-10-20-35(30)47/h1-25H. The Kier molecular flexibility index (Phi) is 5.77. The van der Waals surface area contributed by atoms with E-state index in [1.165, 1.54) is 21.8 Å². The van der Waals surface area contributed by atoms with Gasteiger partial charge in [0.2, 0.25) is 5.71 Å². The molecule has 10 rings (SSSR count). The fraction of sp³-hybridized carbons (Fsp3) is 0. The Hall–Kier alpha value is -6.66. The first-order valence-corrected chi connectivity index (χ1v) is 15.9. The van der Waals surface area contributed by atoms with Gasteiger partial charge in [-0.25, -0.2) is 19.9 Å². The van der Waals surface area contributed by atoms with E-state index in [2.05, 4.69) is 94.5 Å². The molecule has 6 nitrogen and oxygen atoms in total. The highest BCUT2D eigenvalue weighted by Crippen LogP contribution is 2.39. The quantitative estimate of drug-likeness (QED) is 0.197. The lowest BCUT2D eigenvalue weighted by molar-refractivity contribution is 0.654. The van der Waals surface area contributed by atoms with Gasteiger partial charge in [-0.05, 0) is 41.8 Å². The van der Waals surface area contributed by atoms with Crippen LogP contribution in [0.5, 0.6) is 0 Å². The molecule has 4 heterocycles. The molecule has 48 heavy (non-hydrogen) atoms. The van der Waals surface area contributed by atoms with Crippen LogP contribution >= 0.6 is 0 Å². The number of hydrogen-bond acceptors (Lipinski definition) is 5. The van der Waals surface area contributed by atoms with Gasteiger partial charge in [0, 0.05) is 44.4 Å². The lowest BCUT2D eigenvalue weighted by atomic mass is 10.0. The summed E-state index contributed by atoms with van der Waals surface area (Å²) in [6.45, 7) is 0. The molecule has 0 atom stereocenters. The van der Waals surface area contributed by atoms with Crippen LogP contribution in [0.2, 0.25) is 0 Å². The molecule has 4 aromatic heterocycles. The summed E-state index contributed by atoms with van der Waals surface area (Å²) in [7, 11) is 0.